The molecule has 1 N–H and O–H groups in total. The third kappa shape index (κ3) is 4.56. The molecule has 8 nitrogen and oxygen atoms in total. The molecule has 4 aromatic rings. The first-order valence-corrected chi connectivity index (χ1v) is 11.9. The summed E-state index contributed by atoms with van der Waals surface area (Å²) in [6.45, 7) is 4.41. The van der Waals surface area contributed by atoms with E-state index in [1.54, 1.807) is 35.8 Å². The number of ether oxygens (including phenoxy) is 1. The van der Waals surface area contributed by atoms with Gasteiger partial charge in [-0.05, 0) is 43.7 Å². The molecule has 2 aromatic heterocycles. The largest absolute Gasteiger partial charge is 0.495 e. The van der Waals surface area contributed by atoms with Gasteiger partial charge < -0.3 is 10.1 Å². The highest BCUT2D eigenvalue weighted by Crippen LogP contribution is 2.30. The van der Waals surface area contributed by atoms with Gasteiger partial charge in [-0.25, -0.2) is 0 Å². The van der Waals surface area contributed by atoms with Gasteiger partial charge in [-0.1, -0.05) is 48.8 Å². The number of rotatable bonds is 8. The summed E-state index contributed by atoms with van der Waals surface area (Å²) in [6.07, 6.45) is 1.80. The molecule has 10 heteroatoms. The van der Waals surface area contributed by atoms with Gasteiger partial charge in [0.05, 0.1) is 29.0 Å². The van der Waals surface area contributed by atoms with Gasteiger partial charge in [-0.15, -0.1) is 10.2 Å². The van der Waals surface area contributed by atoms with Crippen LogP contribution in [-0.4, -0.2) is 37.4 Å². The van der Waals surface area contributed by atoms with Crippen molar-refractivity contribution in [2.45, 2.75) is 43.6 Å². The number of nitrogens with zero attached hydrogens (tertiary/aromatic N) is 4. The zero-order valence-corrected chi connectivity index (χ0v) is 20.1. The van der Waals surface area contributed by atoms with E-state index in [4.69, 9.17) is 16.3 Å². The molecule has 2 heterocycles. The smallest absolute Gasteiger partial charge is 0.262 e. The SMILES string of the molecule is CCCCn1c(=O)c2ccccc2n2c(SC(C)C(=O)Nc3cc(Cl)ccc3OC)nnc12. The molecule has 172 valence electrons. The lowest BCUT2D eigenvalue weighted by Gasteiger charge is -2.14. The van der Waals surface area contributed by atoms with Gasteiger partial charge in [-0.2, -0.15) is 0 Å². The van der Waals surface area contributed by atoms with E-state index >= 15 is 0 Å². The molecule has 0 aliphatic rings. The third-order valence-electron chi connectivity index (χ3n) is 5.28. The highest BCUT2D eigenvalue weighted by molar-refractivity contribution is 8.00. The van der Waals surface area contributed by atoms with E-state index in [0.717, 1.165) is 12.8 Å². The highest BCUT2D eigenvalue weighted by atomic mass is 35.5. The Labute approximate surface area is 199 Å². The fraction of sp³-hybridized carbons (Fsp3) is 0.304. The first-order valence-electron chi connectivity index (χ1n) is 10.6. The minimum Gasteiger partial charge on any atom is -0.495 e. The molecule has 0 saturated carbocycles. The van der Waals surface area contributed by atoms with Crippen LogP contribution >= 0.6 is 23.4 Å². The van der Waals surface area contributed by atoms with Crippen LogP contribution in [0.2, 0.25) is 5.02 Å². The first kappa shape index (κ1) is 23.1. The number of methoxy groups -OCH3 is 1. The number of amides is 1. The minimum atomic E-state index is -0.504. The molecule has 0 saturated heterocycles. The van der Waals surface area contributed by atoms with Crippen molar-refractivity contribution in [3.8, 4) is 5.75 Å². The number of para-hydroxylation sites is 1. The molecule has 0 radical (unpaired) electrons. The van der Waals surface area contributed by atoms with Crippen LogP contribution in [0.3, 0.4) is 0 Å². The van der Waals surface area contributed by atoms with E-state index in [-0.39, 0.29) is 11.5 Å². The number of hydrogen-bond donors (Lipinski definition) is 1. The molecule has 33 heavy (non-hydrogen) atoms. The number of aryl methyl sites for hydroxylation is 1. The lowest BCUT2D eigenvalue weighted by molar-refractivity contribution is -0.115. The Kier molecular flexibility index (Phi) is 6.90. The number of aromatic nitrogens is 4. The maximum absolute atomic E-state index is 13.1. The van der Waals surface area contributed by atoms with Crippen molar-refractivity contribution in [1.29, 1.82) is 0 Å². The standard InChI is InChI=1S/C23H24ClN5O3S/c1-4-5-12-28-21(31)16-8-6-7-9-18(16)29-22(28)26-27-23(29)33-14(2)20(30)25-17-13-15(24)10-11-19(17)32-3/h6-11,13-14H,4-5,12H2,1-3H3,(H,25,30). The van der Waals surface area contributed by atoms with Crippen LogP contribution in [0.4, 0.5) is 5.69 Å². The van der Waals surface area contributed by atoms with Gasteiger partial charge >= 0.3 is 0 Å². The normalized spacial score (nSPS) is 12.2. The zero-order valence-electron chi connectivity index (χ0n) is 18.5. The Morgan fingerprint density at radius 1 is 1.24 bits per heavy atom. The van der Waals surface area contributed by atoms with Gasteiger partial charge in [0.2, 0.25) is 11.7 Å². The summed E-state index contributed by atoms with van der Waals surface area (Å²) in [5.41, 5.74) is 1.11. The van der Waals surface area contributed by atoms with Crippen LogP contribution in [0.5, 0.6) is 5.75 Å². The van der Waals surface area contributed by atoms with Crippen LogP contribution in [0, 0.1) is 0 Å². The van der Waals surface area contributed by atoms with Crippen molar-refractivity contribution in [2.24, 2.45) is 0 Å². The van der Waals surface area contributed by atoms with E-state index in [1.165, 1.54) is 18.9 Å². The molecule has 1 unspecified atom stereocenters. The molecule has 0 spiro atoms. The summed E-state index contributed by atoms with van der Waals surface area (Å²) in [5.74, 6) is 0.753. The quantitative estimate of drug-likeness (QED) is 0.366. The number of anilines is 1. The van der Waals surface area contributed by atoms with Gasteiger partial charge in [0.15, 0.2) is 5.16 Å². The average Bonchev–Trinajstić information content (AvgIpc) is 3.22. The molecule has 0 aliphatic heterocycles. The minimum absolute atomic E-state index is 0.0886. The molecule has 2 aromatic carbocycles. The molecule has 4 rings (SSSR count). The van der Waals surface area contributed by atoms with Crippen LogP contribution in [0.1, 0.15) is 26.7 Å². The summed E-state index contributed by atoms with van der Waals surface area (Å²) in [4.78, 5) is 26.0. The predicted octanol–water partition coefficient (Wildman–Crippen LogP) is 4.63. The van der Waals surface area contributed by atoms with E-state index in [1.807, 2.05) is 22.6 Å². The lowest BCUT2D eigenvalue weighted by Crippen LogP contribution is -2.24. The van der Waals surface area contributed by atoms with Gasteiger partial charge in [0, 0.05) is 11.6 Å². The fourth-order valence-electron chi connectivity index (χ4n) is 3.55. The number of nitrogens with one attached hydrogen (secondary N) is 1. The summed E-state index contributed by atoms with van der Waals surface area (Å²) in [7, 11) is 1.53. The second kappa shape index (κ2) is 9.84. The number of carbonyl (C=O) groups excluding carboxylic acids is 1. The molecule has 0 bridgehead atoms. The molecular weight excluding hydrogens is 462 g/mol. The predicted molar refractivity (Wildman–Crippen MR) is 132 cm³/mol. The summed E-state index contributed by atoms with van der Waals surface area (Å²) >= 11 is 7.34. The Bertz CT molecular complexity index is 1380. The van der Waals surface area contributed by atoms with Crippen molar-refractivity contribution < 1.29 is 9.53 Å². The topological polar surface area (TPSA) is 90.5 Å². The second-order valence-corrected chi connectivity index (χ2v) is 9.28. The Balaban J connectivity index is 1.69. The zero-order chi connectivity index (χ0) is 23.5. The van der Waals surface area contributed by atoms with Crippen LogP contribution in [-0.2, 0) is 11.3 Å². The van der Waals surface area contributed by atoms with Gasteiger partial charge in [-0.3, -0.25) is 18.6 Å². The van der Waals surface area contributed by atoms with Crippen molar-refractivity contribution in [1.82, 2.24) is 19.2 Å². The molecule has 0 aliphatic carbocycles. The molecule has 1 amide bonds. The van der Waals surface area contributed by atoms with Crippen molar-refractivity contribution >= 4 is 51.6 Å². The number of carbonyl (C=O) groups is 1. The van der Waals surface area contributed by atoms with Gasteiger partial charge in [0.1, 0.15) is 5.75 Å². The third-order valence-corrected chi connectivity index (χ3v) is 6.56. The molecule has 1 atom stereocenters. The summed E-state index contributed by atoms with van der Waals surface area (Å²) in [5, 5.41) is 12.6. The first-order chi connectivity index (χ1) is 15.9. The molecule has 0 fully saturated rings. The number of benzene rings is 2. The monoisotopic (exact) mass is 485 g/mol. The fourth-order valence-corrected chi connectivity index (χ4v) is 4.58. The number of thioether (sulfide) groups is 1. The number of unbranched alkanes of at least 4 members (excludes halogenated alkanes) is 1. The maximum atomic E-state index is 13.1. The van der Waals surface area contributed by atoms with E-state index in [2.05, 4.69) is 22.4 Å². The number of halogens is 1. The van der Waals surface area contributed by atoms with E-state index in [0.29, 0.717) is 44.8 Å². The van der Waals surface area contributed by atoms with E-state index in [9.17, 15) is 9.59 Å². The van der Waals surface area contributed by atoms with Crippen molar-refractivity contribution in [3.05, 3.63) is 57.8 Å². The summed E-state index contributed by atoms with van der Waals surface area (Å²) < 4.78 is 8.82. The maximum Gasteiger partial charge on any atom is 0.262 e. The number of fused-ring (bicyclic) bond motifs is 3. The van der Waals surface area contributed by atoms with Crippen LogP contribution < -0.4 is 15.6 Å². The Hall–Kier alpha value is -3.04. The Morgan fingerprint density at radius 3 is 2.79 bits per heavy atom. The van der Waals surface area contributed by atoms with Crippen molar-refractivity contribution in [3.63, 3.8) is 0 Å². The van der Waals surface area contributed by atoms with Crippen molar-refractivity contribution in [2.75, 3.05) is 12.4 Å². The van der Waals surface area contributed by atoms with E-state index < -0.39 is 5.25 Å². The summed E-state index contributed by atoms with van der Waals surface area (Å²) in [6, 6.07) is 12.4. The number of hydrogen-bond acceptors (Lipinski definition) is 6. The highest BCUT2D eigenvalue weighted by Gasteiger charge is 2.22. The average molecular weight is 486 g/mol. The lowest BCUT2D eigenvalue weighted by atomic mass is 10.2. The van der Waals surface area contributed by atoms with Crippen LogP contribution in [0.25, 0.3) is 16.7 Å². The van der Waals surface area contributed by atoms with Crippen LogP contribution in [0.15, 0.2) is 52.4 Å². The molecular formula is C23H24ClN5O3S. The Morgan fingerprint density at radius 2 is 2.03 bits per heavy atom. The van der Waals surface area contributed by atoms with Gasteiger partial charge in [0.25, 0.3) is 5.56 Å². The second-order valence-electron chi connectivity index (χ2n) is 7.54.